The molecule has 0 radical (unpaired) electrons. The molecule has 0 spiro atoms. The largest absolute Gasteiger partial charge is 0.411 e. The zero-order valence-electron chi connectivity index (χ0n) is 7.40. The molecule has 0 bridgehead atoms. The highest BCUT2D eigenvalue weighted by Crippen LogP contribution is 2.21. The number of benzene rings is 1. The van der Waals surface area contributed by atoms with E-state index >= 15 is 0 Å². The second-order valence-electron chi connectivity index (χ2n) is 2.59. The Kier molecular flexibility index (Phi) is 2.49. The summed E-state index contributed by atoms with van der Waals surface area (Å²) in [6.07, 6.45) is 1.84. The lowest BCUT2D eigenvalue weighted by Crippen LogP contribution is -1.79. The van der Waals surface area contributed by atoms with E-state index in [1.807, 2.05) is 6.26 Å². The van der Waals surface area contributed by atoms with Gasteiger partial charge in [0.05, 0.1) is 0 Å². The van der Waals surface area contributed by atoms with Crippen LogP contribution in [0.4, 0.5) is 4.39 Å². The monoisotopic (exact) mass is 210 g/mol. The summed E-state index contributed by atoms with van der Waals surface area (Å²) in [5.41, 5.74) is 0.595. The molecule has 0 aliphatic rings. The molecular formula is C9H7FN2OS. The van der Waals surface area contributed by atoms with Crippen LogP contribution in [0.15, 0.2) is 33.9 Å². The molecular weight excluding hydrogens is 203 g/mol. The lowest BCUT2D eigenvalue weighted by atomic mass is 10.2. The van der Waals surface area contributed by atoms with Crippen LogP contribution in [0.1, 0.15) is 0 Å². The van der Waals surface area contributed by atoms with Gasteiger partial charge in [-0.2, -0.15) is 0 Å². The van der Waals surface area contributed by atoms with Gasteiger partial charge >= 0.3 is 0 Å². The number of halogens is 1. The van der Waals surface area contributed by atoms with Gasteiger partial charge in [-0.05, 0) is 24.5 Å². The summed E-state index contributed by atoms with van der Waals surface area (Å²) < 4.78 is 18.1. The van der Waals surface area contributed by atoms with Gasteiger partial charge in [-0.15, -0.1) is 10.2 Å². The number of hydrogen-bond acceptors (Lipinski definition) is 4. The molecule has 0 saturated heterocycles. The van der Waals surface area contributed by atoms with Crippen molar-refractivity contribution in [1.82, 2.24) is 10.2 Å². The Labute approximate surface area is 84.3 Å². The molecule has 0 N–H and O–H groups in total. The van der Waals surface area contributed by atoms with Crippen molar-refractivity contribution in [2.75, 3.05) is 6.26 Å². The lowest BCUT2D eigenvalue weighted by molar-refractivity contribution is 0.466. The van der Waals surface area contributed by atoms with Crippen LogP contribution in [0.3, 0.4) is 0 Å². The van der Waals surface area contributed by atoms with Crippen molar-refractivity contribution in [2.45, 2.75) is 5.22 Å². The summed E-state index contributed by atoms with van der Waals surface area (Å²) >= 11 is 1.35. The van der Waals surface area contributed by atoms with Crippen LogP contribution in [0, 0.1) is 5.82 Å². The van der Waals surface area contributed by atoms with Gasteiger partial charge in [0.15, 0.2) is 0 Å². The standard InChI is InChI=1S/C9H7FN2OS/c1-14-9-12-11-8(13-9)6-3-2-4-7(10)5-6/h2-5H,1H3. The maximum absolute atomic E-state index is 12.8. The Morgan fingerprint density at radius 1 is 1.36 bits per heavy atom. The van der Waals surface area contributed by atoms with Gasteiger partial charge < -0.3 is 4.42 Å². The molecule has 0 aliphatic carbocycles. The van der Waals surface area contributed by atoms with E-state index in [4.69, 9.17) is 4.42 Å². The first-order valence-electron chi connectivity index (χ1n) is 3.93. The van der Waals surface area contributed by atoms with E-state index in [9.17, 15) is 4.39 Å². The van der Waals surface area contributed by atoms with Crippen molar-refractivity contribution in [3.05, 3.63) is 30.1 Å². The second kappa shape index (κ2) is 3.79. The highest BCUT2D eigenvalue weighted by molar-refractivity contribution is 7.98. The Bertz CT molecular complexity index is 444. The number of hydrogen-bond donors (Lipinski definition) is 0. The smallest absolute Gasteiger partial charge is 0.276 e. The molecule has 3 nitrogen and oxygen atoms in total. The average molecular weight is 210 g/mol. The Morgan fingerprint density at radius 2 is 2.21 bits per heavy atom. The van der Waals surface area contributed by atoms with E-state index in [-0.39, 0.29) is 5.82 Å². The van der Waals surface area contributed by atoms with Crippen LogP contribution in [-0.2, 0) is 0 Å². The Balaban J connectivity index is 2.39. The highest BCUT2D eigenvalue weighted by atomic mass is 32.2. The molecule has 72 valence electrons. The summed E-state index contributed by atoms with van der Waals surface area (Å²) in [5, 5.41) is 8.03. The van der Waals surface area contributed by atoms with Crippen LogP contribution in [-0.4, -0.2) is 16.5 Å². The fourth-order valence-corrected chi connectivity index (χ4v) is 1.32. The molecule has 2 rings (SSSR count). The average Bonchev–Trinajstić information content (AvgIpc) is 2.66. The van der Waals surface area contributed by atoms with Crippen LogP contribution in [0.2, 0.25) is 0 Å². The van der Waals surface area contributed by atoms with Gasteiger partial charge in [0.1, 0.15) is 5.82 Å². The fourth-order valence-electron chi connectivity index (χ4n) is 1.03. The minimum atomic E-state index is -0.314. The SMILES string of the molecule is CSc1nnc(-c2cccc(F)c2)o1. The molecule has 1 aromatic carbocycles. The first-order valence-corrected chi connectivity index (χ1v) is 5.15. The summed E-state index contributed by atoms with van der Waals surface area (Å²) in [6.45, 7) is 0. The molecule has 0 aliphatic heterocycles. The number of thioether (sulfide) groups is 1. The third-order valence-electron chi connectivity index (χ3n) is 1.65. The van der Waals surface area contributed by atoms with Gasteiger partial charge in [0.2, 0.25) is 5.89 Å². The number of aromatic nitrogens is 2. The summed E-state index contributed by atoms with van der Waals surface area (Å²) in [5.74, 6) is 0.0280. The minimum Gasteiger partial charge on any atom is -0.411 e. The molecule has 14 heavy (non-hydrogen) atoms. The zero-order valence-corrected chi connectivity index (χ0v) is 8.21. The zero-order chi connectivity index (χ0) is 9.97. The molecule has 0 atom stereocenters. The molecule has 2 aromatic rings. The maximum Gasteiger partial charge on any atom is 0.276 e. The Hall–Kier alpha value is -1.36. The predicted molar refractivity (Wildman–Crippen MR) is 51.5 cm³/mol. The summed E-state index contributed by atoms with van der Waals surface area (Å²) in [7, 11) is 0. The number of rotatable bonds is 2. The fraction of sp³-hybridized carbons (Fsp3) is 0.111. The van der Waals surface area contributed by atoms with Crippen molar-refractivity contribution in [3.8, 4) is 11.5 Å². The van der Waals surface area contributed by atoms with Crippen molar-refractivity contribution in [1.29, 1.82) is 0 Å². The third kappa shape index (κ3) is 1.77. The first-order chi connectivity index (χ1) is 6.79. The van der Waals surface area contributed by atoms with Gasteiger partial charge in [-0.25, -0.2) is 4.39 Å². The predicted octanol–water partition coefficient (Wildman–Crippen LogP) is 2.60. The van der Waals surface area contributed by atoms with Gasteiger partial charge in [-0.1, -0.05) is 17.8 Å². The van der Waals surface area contributed by atoms with Crippen molar-refractivity contribution < 1.29 is 8.81 Å². The van der Waals surface area contributed by atoms with Crippen LogP contribution in [0.25, 0.3) is 11.5 Å². The van der Waals surface area contributed by atoms with Crippen LogP contribution >= 0.6 is 11.8 Å². The molecule has 0 amide bonds. The van der Waals surface area contributed by atoms with Gasteiger partial charge in [0.25, 0.3) is 5.22 Å². The summed E-state index contributed by atoms with van der Waals surface area (Å²) in [4.78, 5) is 0. The number of nitrogens with zero attached hydrogens (tertiary/aromatic N) is 2. The third-order valence-corrected chi connectivity index (χ3v) is 2.17. The van der Waals surface area contributed by atoms with Gasteiger partial charge in [0, 0.05) is 5.56 Å². The van der Waals surface area contributed by atoms with E-state index in [0.29, 0.717) is 16.7 Å². The topological polar surface area (TPSA) is 38.9 Å². The van der Waals surface area contributed by atoms with Gasteiger partial charge in [-0.3, -0.25) is 0 Å². The highest BCUT2D eigenvalue weighted by Gasteiger charge is 2.07. The van der Waals surface area contributed by atoms with Crippen molar-refractivity contribution >= 4 is 11.8 Å². The van der Waals surface area contributed by atoms with Crippen molar-refractivity contribution in [3.63, 3.8) is 0 Å². The van der Waals surface area contributed by atoms with E-state index in [1.54, 1.807) is 12.1 Å². The quantitative estimate of drug-likeness (QED) is 0.714. The molecule has 0 unspecified atom stereocenters. The van der Waals surface area contributed by atoms with E-state index in [2.05, 4.69) is 10.2 Å². The second-order valence-corrected chi connectivity index (χ2v) is 3.35. The van der Waals surface area contributed by atoms with E-state index < -0.39 is 0 Å². The summed E-state index contributed by atoms with van der Waals surface area (Å²) in [6, 6.07) is 6.06. The first kappa shape index (κ1) is 9.21. The molecule has 1 aromatic heterocycles. The Morgan fingerprint density at radius 3 is 2.86 bits per heavy atom. The molecule has 5 heteroatoms. The molecule has 0 saturated carbocycles. The van der Waals surface area contributed by atoms with E-state index in [0.717, 1.165) is 0 Å². The lowest BCUT2D eigenvalue weighted by Gasteiger charge is -1.93. The molecule has 1 heterocycles. The van der Waals surface area contributed by atoms with Crippen molar-refractivity contribution in [2.24, 2.45) is 0 Å². The van der Waals surface area contributed by atoms with Crippen LogP contribution < -0.4 is 0 Å². The molecule has 0 fully saturated rings. The maximum atomic E-state index is 12.8. The van der Waals surface area contributed by atoms with Crippen LogP contribution in [0.5, 0.6) is 0 Å². The van der Waals surface area contributed by atoms with E-state index in [1.165, 1.54) is 23.9 Å². The minimum absolute atomic E-state index is 0.314. The normalized spacial score (nSPS) is 10.4.